The number of nitrogens with one attached hydrogen (secondary N) is 1. The fourth-order valence-electron chi connectivity index (χ4n) is 2.56. The normalized spacial score (nSPS) is 11.9. The Hall–Kier alpha value is -2.93. The van der Waals surface area contributed by atoms with Gasteiger partial charge in [0, 0.05) is 40.7 Å². The molecule has 7 heteroatoms. The minimum Gasteiger partial charge on any atom is -0.356 e. The van der Waals surface area contributed by atoms with Crippen LogP contribution in [0.4, 0.5) is 11.4 Å². The lowest BCUT2D eigenvalue weighted by atomic mass is 10.1. The molecule has 2 aromatic carbocycles. The van der Waals surface area contributed by atoms with Crippen LogP contribution in [0.3, 0.4) is 0 Å². The summed E-state index contributed by atoms with van der Waals surface area (Å²) in [5, 5.41) is 8.69. The monoisotopic (exact) mass is 339 g/mol. The molecule has 0 atom stereocenters. The first-order valence-corrected chi connectivity index (χ1v) is 9.10. The summed E-state index contributed by atoms with van der Waals surface area (Å²) < 4.78 is 28.8. The molecule has 1 N–H and O–H groups in total. The highest BCUT2D eigenvalue weighted by Crippen LogP contribution is 2.28. The Bertz CT molecular complexity index is 1170. The molecule has 0 saturated heterocycles. The van der Waals surface area contributed by atoms with Gasteiger partial charge in [-0.15, -0.1) is 0 Å². The minimum absolute atomic E-state index is 0.261. The third-order valence-corrected chi connectivity index (χ3v) is 4.89. The minimum atomic E-state index is -3.28. The maximum absolute atomic E-state index is 11.8. The van der Waals surface area contributed by atoms with E-state index >= 15 is 0 Å². The van der Waals surface area contributed by atoms with E-state index in [9.17, 15) is 8.42 Å². The SMILES string of the molecule is CS(=O)(=O)c1ccc2nccc(Nc3ccc4cnoc4c3)c2c1. The van der Waals surface area contributed by atoms with Crippen molar-refractivity contribution < 1.29 is 12.9 Å². The van der Waals surface area contributed by atoms with E-state index in [-0.39, 0.29) is 4.90 Å². The van der Waals surface area contributed by atoms with Crippen molar-refractivity contribution >= 4 is 43.1 Å². The zero-order valence-corrected chi connectivity index (χ0v) is 13.5. The van der Waals surface area contributed by atoms with Crippen molar-refractivity contribution in [2.24, 2.45) is 0 Å². The Kier molecular flexibility index (Phi) is 3.24. The second-order valence-electron chi connectivity index (χ2n) is 5.51. The number of benzene rings is 2. The number of anilines is 2. The summed E-state index contributed by atoms with van der Waals surface area (Å²) in [7, 11) is -3.28. The quantitative estimate of drug-likeness (QED) is 0.615. The number of sulfone groups is 1. The van der Waals surface area contributed by atoms with Crippen molar-refractivity contribution in [3.63, 3.8) is 0 Å². The predicted molar refractivity (Wildman–Crippen MR) is 92.1 cm³/mol. The molecule has 0 aliphatic carbocycles. The van der Waals surface area contributed by atoms with E-state index in [4.69, 9.17) is 4.52 Å². The third kappa shape index (κ3) is 2.59. The van der Waals surface area contributed by atoms with Crippen LogP contribution in [-0.2, 0) is 9.84 Å². The fraction of sp³-hybridized carbons (Fsp3) is 0.0588. The first-order chi connectivity index (χ1) is 11.5. The lowest BCUT2D eigenvalue weighted by Crippen LogP contribution is -1.98. The van der Waals surface area contributed by atoms with Gasteiger partial charge in [-0.1, -0.05) is 5.16 Å². The van der Waals surface area contributed by atoms with Crippen LogP contribution >= 0.6 is 0 Å². The number of rotatable bonds is 3. The molecule has 6 nitrogen and oxygen atoms in total. The largest absolute Gasteiger partial charge is 0.356 e. The van der Waals surface area contributed by atoms with Crippen LogP contribution in [0.15, 0.2) is 64.3 Å². The average molecular weight is 339 g/mol. The molecule has 0 fully saturated rings. The standard InChI is InChI=1S/C17H13N3O3S/c1-24(21,22)13-4-5-15-14(9-13)16(6-7-18-15)20-12-3-2-11-10-19-23-17(11)8-12/h2-10H,1H3,(H,18,20). The zero-order chi connectivity index (χ0) is 16.7. The fourth-order valence-corrected chi connectivity index (χ4v) is 3.21. The number of hydrogen-bond donors (Lipinski definition) is 1. The van der Waals surface area contributed by atoms with Gasteiger partial charge in [-0.25, -0.2) is 8.42 Å². The van der Waals surface area contributed by atoms with Crippen LogP contribution in [0.1, 0.15) is 0 Å². The van der Waals surface area contributed by atoms with Gasteiger partial charge in [0.1, 0.15) is 0 Å². The van der Waals surface area contributed by atoms with Crippen molar-refractivity contribution in [2.75, 3.05) is 11.6 Å². The Balaban J connectivity index is 1.83. The second kappa shape index (κ2) is 5.31. The molecule has 24 heavy (non-hydrogen) atoms. The van der Waals surface area contributed by atoms with Gasteiger partial charge in [0.05, 0.1) is 16.6 Å². The van der Waals surface area contributed by atoms with Gasteiger partial charge < -0.3 is 9.84 Å². The maximum atomic E-state index is 11.8. The molecular formula is C17H13N3O3S. The van der Waals surface area contributed by atoms with Gasteiger partial charge in [0.25, 0.3) is 0 Å². The molecule has 4 rings (SSSR count). The van der Waals surface area contributed by atoms with Gasteiger partial charge >= 0.3 is 0 Å². The first-order valence-electron chi connectivity index (χ1n) is 7.21. The number of fused-ring (bicyclic) bond motifs is 2. The maximum Gasteiger partial charge on any atom is 0.175 e. The third-order valence-electron chi connectivity index (χ3n) is 3.78. The van der Waals surface area contributed by atoms with Gasteiger partial charge in [-0.05, 0) is 36.4 Å². The summed E-state index contributed by atoms with van der Waals surface area (Å²) in [6.45, 7) is 0. The van der Waals surface area contributed by atoms with E-state index < -0.39 is 9.84 Å². The van der Waals surface area contributed by atoms with Crippen LogP contribution in [-0.4, -0.2) is 24.8 Å². The summed E-state index contributed by atoms with van der Waals surface area (Å²) >= 11 is 0. The molecule has 4 aromatic rings. The summed E-state index contributed by atoms with van der Waals surface area (Å²) in [6.07, 6.45) is 4.52. The molecule has 0 amide bonds. The molecule has 2 heterocycles. The van der Waals surface area contributed by atoms with E-state index in [1.165, 1.54) is 6.26 Å². The lowest BCUT2D eigenvalue weighted by Gasteiger charge is -2.10. The van der Waals surface area contributed by atoms with E-state index in [0.717, 1.165) is 22.1 Å². The highest BCUT2D eigenvalue weighted by Gasteiger charge is 2.11. The molecule has 120 valence electrons. The highest BCUT2D eigenvalue weighted by molar-refractivity contribution is 7.90. The van der Waals surface area contributed by atoms with Gasteiger partial charge in [0.15, 0.2) is 15.4 Å². The zero-order valence-electron chi connectivity index (χ0n) is 12.7. The van der Waals surface area contributed by atoms with Crippen LogP contribution in [0.25, 0.3) is 21.9 Å². The smallest absolute Gasteiger partial charge is 0.175 e. The number of nitrogens with zero attached hydrogens (tertiary/aromatic N) is 2. The van der Waals surface area contributed by atoms with Gasteiger partial charge in [0.2, 0.25) is 0 Å². The van der Waals surface area contributed by atoms with Crippen LogP contribution in [0, 0.1) is 0 Å². The summed E-state index contributed by atoms with van der Waals surface area (Å²) in [4.78, 5) is 4.55. The first kappa shape index (κ1) is 14.6. The Morgan fingerprint density at radius 3 is 2.79 bits per heavy atom. The molecular weight excluding hydrogens is 326 g/mol. The van der Waals surface area contributed by atoms with Crippen molar-refractivity contribution in [1.29, 1.82) is 0 Å². The number of aromatic nitrogens is 2. The van der Waals surface area contributed by atoms with Crippen LogP contribution in [0.5, 0.6) is 0 Å². The molecule has 0 radical (unpaired) electrons. The van der Waals surface area contributed by atoms with Crippen molar-refractivity contribution in [1.82, 2.24) is 10.1 Å². The number of hydrogen-bond acceptors (Lipinski definition) is 6. The summed E-state index contributed by atoms with van der Waals surface area (Å²) in [6, 6.07) is 12.4. The Morgan fingerprint density at radius 1 is 1.08 bits per heavy atom. The van der Waals surface area contributed by atoms with Crippen LogP contribution in [0.2, 0.25) is 0 Å². The molecule has 0 unspecified atom stereocenters. The summed E-state index contributed by atoms with van der Waals surface area (Å²) in [5.41, 5.74) is 2.98. The molecule has 0 spiro atoms. The lowest BCUT2D eigenvalue weighted by molar-refractivity contribution is 0.456. The predicted octanol–water partition coefficient (Wildman–Crippen LogP) is 3.52. The molecule has 0 aliphatic rings. The van der Waals surface area contributed by atoms with E-state index in [2.05, 4.69) is 15.5 Å². The molecule has 0 bridgehead atoms. The van der Waals surface area contributed by atoms with E-state index in [1.54, 1.807) is 36.7 Å². The molecule has 0 saturated carbocycles. The second-order valence-corrected chi connectivity index (χ2v) is 7.53. The highest BCUT2D eigenvalue weighted by atomic mass is 32.2. The Morgan fingerprint density at radius 2 is 1.96 bits per heavy atom. The Labute approximate surface area is 138 Å². The van der Waals surface area contributed by atoms with Gasteiger partial charge in [-0.2, -0.15) is 0 Å². The van der Waals surface area contributed by atoms with Gasteiger partial charge in [-0.3, -0.25) is 4.98 Å². The topological polar surface area (TPSA) is 85.1 Å². The number of pyridine rings is 1. The van der Waals surface area contributed by atoms with E-state index in [1.807, 2.05) is 18.2 Å². The van der Waals surface area contributed by atoms with Crippen molar-refractivity contribution in [3.05, 3.63) is 54.9 Å². The van der Waals surface area contributed by atoms with Crippen LogP contribution < -0.4 is 5.32 Å². The molecule has 0 aliphatic heterocycles. The van der Waals surface area contributed by atoms with E-state index in [0.29, 0.717) is 11.1 Å². The van der Waals surface area contributed by atoms with Crippen molar-refractivity contribution in [3.8, 4) is 0 Å². The summed E-state index contributed by atoms with van der Waals surface area (Å²) in [5.74, 6) is 0. The molecule has 2 aromatic heterocycles. The average Bonchev–Trinajstić information content (AvgIpc) is 3.01. The van der Waals surface area contributed by atoms with Crippen molar-refractivity contribution in [2.45, 2.75) is 4.90 Å².